The molecule has 0 spiro atoms. The smallest absolute Gasteiger partial charge is 0.137 e. The third-order valence-corrected chi connectivity index (χ3v) is 5.79. The van der Waals surface area contributed by atoms with Crippen molar-refractivity contribution >= 4 is 27.5 Å². The minimum atomic E-state index is 0.795. The van der Waals surface area contributed by atoms with E-state index in [1.54, 1.807) is 0 Å². The van der Waals surface area contributed by atoms with Gasteiger partial charge in [0.2, 0.25) is 0 Å². The SMILES string of the molecule is CN1C=CN(c2cccc(Oc3ccc4c5ccccc5n(-c5ccccn5)c4c3)c2)C1. The summed E-state index contributed by atoms with van der Waals surface area (Å²) in [5.41, 5.74) is 3.31. The molecular formula is C27H22N4O. The minimum Gasteiger partial charge on any atom is -0.457 e. The number of hydrogen-bond donors (Lipinski definition) is 0. The number of rotatable bonds is 4. The lowest BCUT2D eigenvalue weighted by Crippen LogP contribution is -2.21. The molecule has 0 aliphatic carbocycles. The molecule has 0 atom stereocenters. The van der Waals surface area contributed by atoms with E-state index in [9.17, 15) is 0 Å². The molecule has 0 unspecified atom stereocenters. The van der Waals surface area contributed by atoms with Gasteiger partial charge in [0.25, 0.3) is 0 Å². The lowest BCUT2D eigenvalue weighted by Gasteiger charge is -2.19. The summed E-state index contributed by atoms with van der Waals surface area (Å²) in [6, 6.07) is 28.9. The number of ether oxygens (including phenoxy) is 1. The van der Waals surface area contributed by atoms with Gasteiger partial charge in [0.15, 0.2) is 0 Å². The normalized spacial score (nSPS) is 13.4. The first kappa shape index (κ1) is 18.5. The fraction of sp³-hybridized carbons (Fsp3) is 0.0741. The van der Waals surface area contributed by atoms with E-state index < -0.39 is 0 Å². The number of nitrogens with zero attached hydrogens (tertiary/aromatic N) is 4. The van der Waals surface area contributed by atoms with Crippen LogP contribution in [-0.4, -0.2) is 28.2 Å². The van der Waals surface area contributed by atoms with Crippen LogP contribution in [0.15, 0.2) is 104 Å². The number of hydrogen-bond acceptors (Lipinski definition) is 4. The van der Waals surface area contributed by atoms with E-state index in [0.717, 1.165) is 40.7 Å². The molecule has 0 saturated heterocycles. The van der Waals surface area contributed by atoms with Gasteiger partial charge in [-0.3, -0.25) is 4.57 Å². The molecule has 1 aliphatic rings. The van der Waals surface area contributed by atoms with Gasteiger partial charge in [-0.15, -0.1) is 0 Å². The molecule has 3 aromatic carbocycles. The maximum atomic E-state index is 6.30. The molecule has 3 heterocycles. The maximum absolute atomic E-state index is 6.30. The summed E-state index contributed by atoms with van der Waals surface area (Å²) in [5, 5.41) is 2.38. The predicted molar refractivity (Wildman–Crippen MR) is 129 cm³/mol. The van der Waals surface area contributed by atoms with Crippen LogP contribution in [0.5, 0.6) is 11.5 Å². The first-order valence-electron chi connectivity index (χ1n) is 10.6. The average Bonchev–Trinajstić information content (AvgIpc) is 3.41. The first-order chi connectivity index (χ1) is 15.8. The topological polar surface area (TPSA) is 33.5 Å². The van der Waals surface area contributed by atoms with Crippen LogP contribution in [0.3, 0.4) is 0 Å². The number of anilines is 1. The zero-order valence-corrected chi connectivity index (χ0v) is 17.7. The zero-order valence-electron chi connectivity index (χ0n) is 17.7. The Hall–Kier alpha value is -4.25. The van der Waals surface area contributed by atoms with Crippen LogP contribution < -0.4 is 9.64 Å². The highest BCUT2D eigenvalue weighted by atomic mass is 16.5. The molecule has 0 radical (unpaired) electrons. The van der Waals surface area contributed by atoms with E-state index in [2.05, 4.69) is 87.3 Å². The quantitative estimate of drug-likeness (QED) is 0.350. The number of benzene rings is 3. The largest absolute Gasteiger partial charge is 0.457 e. The molecule has 5 nitrogen and oxygen atoms in total. The second-order valence-corrected chi connectivity index (χ2v) is 7.99. The number of aromatic nitrogens is 2. The van der Waals surface area contributed by atoms with Crippen molar-refractivity contribution < 1.29 is 4.74 Å². The molecule has 5 heteroatoms. The van der Waals surface area contributed by atoms with Gasteiger partial charge in [0, 0.05) is 54.2 Å². The van der Waals surface area contributed by atoms with E-state index >= 15 is 0 Å². The molecule has 2 aromatic heterocycles. The van der Waals surface area contributed by atoms with Crippen LogP contribution in [0.1, 0.15) is 0 Å². The van der Waals surface area contributed by atoms with Crippen LogP contribution in [0.4, 0.5) is 5.69 Å². The van der Waals surface area contributed by atoms with E-state index in [-0.39, 0.29) is 0 Å². The van der Waals surface area contributed by atoms with Gasteiger partial charge in [-0.1, -0.05) is 30.3 Å². The summed E-state index contributed by atoms with van der Waals surface area (Å²) in [4.78, 5) is 8.93. The van der Waals surface area contributed by atoms with Gasteiger partial charge in [-0.05, 0) is 42.5 Å². The standard InChI is InChI=1S/C27H22N4O/c1-29-15-16-30(19-29)20-7-6-8-21(17-20)32-22-12-13-24-23-9-2-3-10-25(23)31(26(24)18-22)27-11-4-5-14-28-27/h2-18H,19H2,1H3. The molecule has 1 aliphatic heterocycles. The van der Waals surface area contributed by atoms with Crippen LogP contribution in [0.2, 0.25) is 0 Å². The fourth-order valence-electron chi connectivity index (χ4n) is 4.31. The van der Waals surface area contributed by atoms with Gasteiger partial charge >= 0.3 is 0 Å². The Bertz CT molecular complexity index is 1460. The Labute approximate surface area is 186 Å². The van der Waals surface area contributed by atoms with Crippen molar-refractivity contribution in [3.63, 3.8) is 0 Å². The summed E-state index contributed by atoms with van der Waals surface area (Å²) in [6.45, 7) is 0.833. The molecule has 32 heavy (non-hydrogen) atoms. The summed E-state index contributed by atoms with van der Waals surface area (Å²) >= 11 is 0. The van der Waals surface area contributed by atoms with E-state index in [1.807, 2.05) is 42.6 Å². The van der Waals surface area contributed by atoms with Crippen LogP contribution >= 0.6 is 0 Å². The lowest BCUT2D eigenvalue weighted by molar-refractivity contribution is 0.481. The second kappa shape index (κ2) is 7.46. The molecule has 0 bridgehead atoms. The zero-order chi connectivity index (χ0) is 21.5. The van der Waals surface area contributed by atoms with Crippen molar-refractivity contribution in [3.8, 4) is 17.3 Å². The molecule has 0 fully saturated rings. The van der Waals surface area contributed by atoms with Crippen LogP contribution in [0.25, 0.3) is 27.6 Å². The molecule has 0 saturated carbocycles. The predicted octanol–water partition coefficient (Wildman–Crippen LogP) is 6.15. The number of para-hydroxylation sites is 1. The fourth-order valence-corrected chi connectivity index (χ4v) is 4.31. The molecular weight excluding hydrogens is 396 g/mol. The van der Waals surface area contributed by atoms with Crippen molar-refractivity contribution in [3.05, 3.63) is 104 Å². The highest BCUT2D eigenvalue weighted by Crippen LogP contribution is 2.35. The molecule has 5 aromatic rings. The maximum Gasteiger partial charge on any atom is 0.137 e. The van der Waals surface area contributed by atoms with Crippen molar-refractivity contribution in [2.75, 3.05) is 18.6 Å². The van der Waals surface area contributed by atoms with Gasteiger partial charge < -0.3 is 14.5 Å². The van der Waals surface area contributed by atoms with Crippen LogP contribution in [-0.2, 0) is 0 Å². The van der Waals surface area contributed by atoms with Crippen molar-refractivity contribution in [2.45, 2.75) is 0 Å². The Morgan fingerprint density at radius 3 is 2.44 bits per heavy atom. The highest BCUT2D eigenvalue weighted by molar-refractivity contribution is 6.09. The van der Waals surface area contributed by atoms with Crippen molar-refractivity contribution in [1.29, 1.82) is 0 Å². The Kier molecular flexibility index (Phi) is 4.32. The van der Waals surface area contributed by atoms with Crippen molar-refractivity contribution in [2.24, 2.45) is 0 Å². The van der Waals surface area contributed by atoms with E-state index in [4.69, 9.17) is 4.74 Å². The Morgan fingerprint density at radius 2 is 1.59 bits per heavy atom. The number of pyridine rings is 1. The molecule has 156 valence electrons. The minimum absolute atomic E-state index is 0.795. The van der Waals surface area contributed by atoms with E-state index in [0.29, 0.717) is 0 Å². The average molecular weight is 419 g/mol. The van der Waals surface area contributed by atoms with Gasteiger partial charge in [0.1, 0.15) is 17.3 Å². The first-order valence-corrected chi connectivity index (χ1v) is 10.6. The lowest BCUT2D eigenvalue weighted by atomic mass is 10.1. The molecule has 6 rings (SSSR count). The second-order valence-electron chi connectivity index (χ2n) is 7.99. The Balaban J connectivity index is 1.43. The van der Waals surface area contributed by atoms with Gasteiger partial charge in [0.05, 0.1) is 17.7 Å². The number of fused-ring (bicyclic) bond motifs is 3. The summed E-state index contributed by atoms with van der Waals surface area (Å²) in [5.74, 6) is 2.50. The third kappa shape index (κ3) is 3.15. The summed E-state index contributed by atoms with van der Waals surface area (Å²) in [6.07, 6.45) is 5.97. The van der Waals surface area contributed by atoms with Crippen molar-refractivity contribution in [1.82, 2.24) is 14.5 Å². The molecule has 0 N–H and O–H groups in total. The monoisotopic (exact) mass is 418 g/mol. The summed E-state index contributed by atoms with van der Waals surface area (Å²) < 4.78 is 8.50. The van der Waals surface area contributed by atoms with Gasteiger partial charge in [-0.2, -0.15) is 0 Å². The Morgan fingerprint density at radius 1 is 0.750 bits per heavy atom. The summed E-state index contributed by atoms with van der Waals surface area (Å²) in [7, 11) is 2.06. The van der Waals surface area contributed by atoms with E-state index in [1.165, 1.54) is 10.8 Å². The third-order valence-electron chi connectivity index (χ3n) is 5.79. The van der Waals surface area contributed by atoms with Gasteiger partial charge in [-0.25, -0.2) is 4.98 Å². The molecule has 0 amide bonds. The highest BCUT2D eigenvalue weighted by Gasteiger charge is 2.14. The van der Waals surface area contributed by atoms with Crippen LogP contribution in [0, 0.1) is 0 Å².